The molecule has 0 unspecified atom stereocenters. The van der Waals surface area contributed by atoms with E-state index in [0.29, 0.717) is 12.3 Å². The third-order valence-electron chi connectivity index (χ3n) is 2.88. The lowest BCUT2D eigenvalue weighted by molar-refractivity contribution is -0.119. The van der Waals surface area contributed by atoms with Crippen molar-refractivity contribution < 1.29 is 4.79 Å². The molecule has 0 radical (unpaired) electrons. The zero-order valence-corrected chi connectivity index (χ0v) is 9.37. The Hall–Kier alpha value is -1.02. The highest BCUT2D eigenvalue weighted by atomic mass is 35.5. The second-order valence-electron chi connectivity index (χ2n) is 4.09. The Labute approximate surface area is 94.6 Å². The van der Waals surface area contributed by atoms with Gasteiger partial charge in [-0.25, -0.2) is 0 Å². The Morgan fingerprint density at radius 2 is 2.07 bits per heavy atom. The second kappa shape index (κ2) is 4.23. The van der Waals surface area contributed by atoms with E-state index in [-0.39, 0.29) is 17.3 Å². The molecule has 0 saturated carbocycles. The van der Waals surface area contributed by atoms with Crippen molar-refractivity contribution in [1.29, 1.82) is 0 Å². The van der Waals surface area contributed by atoms with E-state index < -0.39 is 0 Å². The molecule has 1 N–H and O–H groups in total. The van der Waals surface area contributed by atoms with Gasteiger partial charge in [-0.1, -0.05) is 37.3 Å². The largest absolute Gasteiger partial charge is 0.351 e. The number of rotatable bonds is 2. The van der Waals surface area contributed by atoms with Crippen LogP contribution in [-0.4, -0.2) is 11.9 Å². The molecule has 0 spiro atoms. The summed E-state index contributed by atoms with van der Waals surface area (Å²) in [6.07, 6.45) is 0.584. The molecule has 0 bridgehead atoms. The van der Waals surface area contributed by atoms with Gasteiger partial charge in [0.2, 0.25) is 5.91 Å². The van der Waals surface area contributed by atoms with Gasteiger partial charge in [-0.05, 0) is 11.5 Å². The molecule has 1 aromatic carbocycles. The molecule has 1 saturated heterocycles. The number of hydrogen-bond acceptors (Lipinski definition) is 1. The fourth-order valence-electron chi connectivity index (χ4n) is 2.01. The van der Waals surface area contributed by atoms with Crippen molar-refractivity contribution in [1.82, 2.24) is 5.32 Å². The number of alkyl halides is 1. The minimum atomic E-state index is -0.132. The van der Waals surface area contributed by atoms with Crippen molar-refractivity contribution in [3.63, 3.8) is 0 Å². The molecule has 1 aliphatic heterocycles. The van der Waals surface area contributed by atoms with Gasteiger partial charge in [0.25, 0.3) is 0 Å². The number of halogens is 1. The topological polar surface area (TPSA) is 29.1 Å². The third-order valence-corrected chi connectivity index (χ3v) is 3.40. The van der Waals surface area contributed by atoms with Gasteiger partial charge in [0.1, 0.15) is 0 Å². The molecular weight excluding hydrogens is 210 g/mol. The molecule has 3 heteroatoms. The molecule has 1 aromatic rings. The lowest BCUT2D eigenvalue weighted by atomic mass is 9.96. The molecule has 1 aliphatic rings. The highest BCUT2D eigenvalue weighted by Gasteiger charge is 2.34. The number of hydrogen-bond donors (Lipinski definition) is 1. The van der Waals surface area contributed by atoms with E-state index >= 15 is 0 Å². The van der Waals surface area contributed by atoms with E-state index in [1.54, 1.807) is 0 Å². The van der Waals surface area contributed by atoms with Gasteiger partial charge in [0.05, 0.1) is 11.4 Å². The SMILES string of the molecule is C[C@H]1CC(=O)N[C@@H]1[C@H](Cl)c1ccccc1. The van der Waals surface area contributed by atoms with Crippen LogP contribution in [0.15, 0.2) is 30.3 Å². The summed E-state index contributed by atoms with van der Waals surface area (Å²) >= 11 is 6.36. The van der Waals surface area contributed by atoms with Gasteiger partial charge in [0, 0.05) is 6.42 Å². The van der Waals surface area contributed by atoms with Crippen LogP contribution in [0.5, 0.6) is 0 Å². The van der Waals surface area contributed by atoms with E-state index in [1.807, 2.05) is 30.3 Å². The van der Waals surface area contributed by atoms with Crippen molar-refractivity contribution >= 4 is 17.5 Å². The summed E-state index contributed by atoms with van der Waals surface area (Å²) in [5.74, 6) is 0.411. The molecule has 2 rings (SSSR count). The van der Waals surface area contributed by atoms with Crippen molar-refractivity contribution in [3.05, 3.63) is 35.9 Å². The molecule has 80 valence electrons. The third kappa shape index (κ3) is 2.15. The maximum absolute atomic E-state index is 11.2. The van der Waals surface area contributed by atoms with E-state index in [1.165, 1.54) is 0 Å². The lowest BCUT2D eigenvalue weighted by Gasteiger charge is -2.21. The quantitative estimate of drug-likeness (QED) is 0.767. The Morgan fingerprint density at radius 3 is 2.60 bits per heavy atom. The number of carbonyl (C=O) groups is 1. The zero-order chi connectivity index (χ0) is 10.8. The fourth-order valence-corrected chi connectivity index (χ4v) is 2.47. The lowest BCUT2D eigenvalue weighted by Crippen LogP contribution is -2.32. The first-order valence-corrected chi connectivity index (χ1v) is 5.60. The zero-order valence-electron chi connectivity index (χ0n) is 8.61. The van der Waals surface area contributed by atoms with Crippen LogP contribution in [-0.2, 0) is 4.79 Å². The molecular formula is C12H14ClNO. The van der Waals surface area contributed by atoms with Crippen molar-refractivity contribution in [2.45, 2.75) is 24.8 Å². The first kappa shape index (κ1) is 10.5. The van der Waals surface area contributed by atoms with Crippen LogP contribution in [0, 0.1) is 5.92 Å². The molecule has 1 heterocycles. The first-order valence-electron chi connectivity index (χ1n) is 5.17. The van der Waals surface area contributed by atoms with Crippen LogP contribution in [0.2, 0.25) is 0 Å². The van der Waals surface area contributed by atoms with Crippen molar-refractivity contribution in [2.75, 3.05) is 0 Å². The predicted molar refractivity (Wildman–Crippen MR) is 60.7 cm³/mol. The summed E-state index contributed by atoms with van der Waals surface area (Å²) in [4.78, 5) is 11.2. The smallest absolute Gasteiger partial charge is 0.220 e. The van der Waals surface area contributed by atoms with Gasteiger partial charge in [-0.15, -0.1) is 11.6 Å². The standard InChI is InChI=1S/C12H14ClNO/c1-8-7-10(15)14-12(8)11(13)9-5-3-2-4-6-9/h2-6,8,11-12H,7H2,1H3,(H,14,15)/t8-,11+,12-/m0/s1. The maximum Gasteiger partial charge on any atom is 0.220 e. The minimum absolute atomic E-state index is 0.0570. The minimum Gasteiger partial charge on any atom is -0.351 e. The van der Waals surface area contributed by atoms with Crippen LogP contribution >= 0.6 is 11.6 Å². The van der Waals surface area contributed by atoms with Gasteiger partial charge >= 0.3 is 0 Å². The number of nitrogens with one attached hydrogen (secondary N) is 1. The highest BCUT2D eigenvalue weighted by molar-refractivity contribution is 6.21. The normalized spacial score (nSPS) is 27.5. The van der Waals surface area contributed by atoms with E-state index in [9.17, 15) is 4.79 Å². The van der Waals surface area contributed by atoms with E-state index in [0.717, 1.165) is 5.56 Å². The molecule has 0 aliphatic carbocycles. The van der Waals surface area contributed by atoms with Crippen LogP contribution in [0.4, 0.5) is 0 Å². The van der Waals surface area contributed by atoms with Gasteiger partial charge in [0.15, 0.2) is 0 Å². The summed E-state index contributed by atoms with van der Waals surface area (Å²) < 4.78 is 0. The highest BCUT2D eigenvalue weighted by Crippen LogP contribution is 2.32. The average Bonchev–Trinajstić information content (AvgIpc) is 2.58. The van der Waals surface area contributed by atoms with Gasteiger partial charge in [-0.3, -0.25) is 4.79 Å². The van der Waals surface area contributed by atoms with Crippen LogP contribution < -0.4 is 5.32 Å². The van der Waals surface area contributed by atoms with Crippen LogP contribution in [0.1, 0.15) is 24.3 Å². The maximum atomic E-state index is 11.2. The molecule has 0 aromatic heterocycles. The van der Waals surface area contributed by atoms with Gasteiger partial charge < -0.3 is 5.32 Å². The second-order valence-corrected chi connectivity index (χ2v) is 4.56. The summed E-state index contributed by atoms with van der Waals surface area (Å²) in [6.45, 7) is 2.06. The summed E-state index contributed by atoms with van der Waals surface area (Å²) in [7, 11) is 0. The first-order chi connectivity index (χ1) is 7.18. The Morgan fingerprint density at radius 1 is 1.40 bits per heavy atom. The molecule has 1 amide bonds. The van der Waals surface area contributed by atoms with Crippen LogP contribution in [0.25, 0.3) is 0 Å². The summed E-state index contributed by atoms with van der Waals surface area (Å²) in [5.41, 5.74) is 1.07. The molecule has 15 heavy (non-hydrogen) atoms. The van der Waals surface area contributed by atoms with Crippen LogP contribution in [0.3, 0.4) is 0 Å². The molecule has 1 fully saturated rings. The van der Waals surface area contributed by atoms with E-state index in [2.05, 4.69) is 12.2 Å². The van der Waals surface area contributed by atoms with Crippen molar-refractivity contribution in [2.24, 2.45) is 5.92 Å². The fraction of sp³-hybridized carbons (Fsp3) is 0.417. The number of amides is 1. The molecule has 2 nitrogen and oxygen atoms in total. The summed E-state index contributed by atoms with van der Waals surface area (Å²) in [6, 6.07) is 9.94. The Kier molecular flexibility index (Phi) is 2.96. The molecule has 3 atom stereocenters. The Balaban J connectivity index is 2.15. The number of benzene rings is 1. The number of carbonyl (C=O) groups excluding carboxylic acids is 1. The predicted octanol–water partition coefficient (Wildman–Crippen LogP) is 2.49. The van der Waals surface area contributed by atoms with Crippen molar-refractivity contribution in [3.8, 4) is 0 Å². The van der Waals surface area contributed by atoms with E-state index in [4.69, 9.17) is 11.6 Å². The average molecular weight is 224 g/mol. The van der Waals surface area contributed by atoms with Gasteiger partial charge in [-0.2, -0.15) is 0 Å². The summed E-state index contributed by atoms with van der Waals surface area (Å²) in [5, 5.41) is 2.80. The monoisotopic (exact) mass is 223 g/mol. The Bertz CT molecular complexity index is 352.